The number of carbonyl (C=O) groups is 6. The van der Waals surface area contributed by atoms with Crippen LogP contribution in [0.5, 0.6) is 0 Å². The number of hydrogen-bond donors (Lipinski definition) is 4. The number of unbranched alkanes of at least 4 members (excludes halogenated alkanes) is 4. The molecule has 5 N–H and O–H groups in total. The fraction of sp³-hybridized carbons (Fsp3) is 0.806. The molecular formula is C31H56N4O10. The number of primary amides is 1. The number of nitrogens with one attached hydrogen (secondary N) is 2. The van der Waals surface area contributed by atoms with Gasteiger partial charge >= 0.3 is 11.9 Å². The first-order chi connectivity index (χ1) is 21.2. The lowest BCUT2D eigenvalue weighted by Crippen LogP contribution is -2.44. The number of esters is 1. The monoisotopic (exact) mass is 644 g/mol. The van der Waals surface area contributed by atoms with Gasteiger partial charge in [0.1, 0.15) is 11.6 Å². The van der Waals surface area contributed by atoms with Crippen molar-refractivity contribution in [1.82, 2.24) is 15.7 Å². The minimum Gasteiger partial charge on any atom is -0.481 e. The maximum atomic E-state index is 12.5. The molecule has 0 aromatic rings. The Hall–Kier alpha value is -3.26. The highest BCUT2D eigenvalue weighted by atomic mass is 16.7. The van der Waals surface area contributed by atoms with E-state index in [1.807, 2.05) is 27.7 Å². The number of carbonyl (C=O) groups excluding carboxylic acids is 5. The molecule has 0 rings (SSSR count). The van der Waals surface area contributed by atoms with Gasteiger partial charge in [0, 0.05) is 58.4 Å². The number of hydrogen-bond acceptors (Lipinski definition) is 9. The molecule has 0 radical (unpaired) electrons. The Morgan fingerprint density at radius 1 is 0.800 bits per heavy atom. The zero-order chi connectivity index (χ0) is 34.1. The Morgan fingerprint density at radius 3 is 2.04 bits per heavy atom. The molecule has 0 fully saturated rings. The van der Waals surface area contributed by atoms with Crippen LogP contribution >= 0.6 is 0 Å². The molecule has 1 atom stereocenters. The van der Waals surface area contributed by atoms with Crippen LogP contribution in [0.25, 0.3) is 0 Å². The summed E-state index contributed by atoms with van der Waals surface area (Å²) < 4.78 is 10.9. The molecule has 260 valence electrons. The SMILES string of the molecule is CCCN(OCCCCOCCCNC(=O)CCC(=O)NC(CCC(=O)O)C(N)=O)C(=O)CCCCCCC(=O)OC(C)(C)C. The molecule has 0 aliphatic carbocycles. The van der Waals surface area contributed by atoms with Crippen LogP contribution in [0.1, 0.15) is 118 Å². The molecule has 0 aromatic carbocycles. The Morgan fingerprint density at radius 2 is 1.42 bits per heavy atom. The summed E-state index contributed by atoms with van der Waals surface area (Å²) in [6.07, 6.45) is 6.22. The third-order valence-corrected chi connectivity index (χ3v) is 6.27. The Bertz CT molecular complexity index is 907. The quantitative estimate of drug-likeness (QED) is 0.0585. The predicted octanol–water partition coefficient (Wildman–Crippen LogP) is 2.76. The summed E-state index contributed by atoms with van der Waals surface area (Å²) in [6, 6.07) is -1.09. The second-order valence-electron chi connectivity index (χ2n) is 11.8. The fourth-order valence-electron chi connectivity index (χ4n) is 4.00. The van der Waals surface area contributed by atoms with E-state index in [4.69, 9.17) is 25.2 Å². The van der Waals surface area contributed by atoms with Gasteiger partial charge in [-0.1, -0.05) is 19.8 Å². The topological polar surface area (TPSA) is 204 Å². The number of nitrogens with two attached hydrogens (primary N) is 1. The number of amides is 4. The second kappa shape index (κ2) is 25.0. The van der Waals surface area contributed by atoms with E-state index in [0.29, 0.717) is 52.2 Å². The molecular weight excluding hydrogens is 588 g/mol. The van der Waals surface area contributed by atoms with Crippen molar-refractivity contribution in [2.75, 3.05) is 32.9 Å². The Kier molecular flexibility index (Phi) is 23.2. The predicted molar refractivity (Wildman–Crippen MR) is 166 cm³/mol. The molecule has 0 aromatic heterocycles. The normalized spacial score (nSPS) is 11.8. The van der Waals surface area contributed by atoms with Crippen LogP contribution in [0.2, 0.25) is 0 Å². The first-order valence-electron chi connectivity index (χ1n) is 16.0. The maximum Gasteiger partial charge on any atom is 0.306 e. The first kappa shape index (κ1) is 41.7. The van der Waals surface area contributed by atoms with Gasteiger partial charge in [0.05, 0.1) is 6.61 Å². The summed E-state index contributed by atoms with van der Waals surface area (Å²) in [5.74, 6) is -3.05. The van der Waals surface area contributed by atoms with Gasteiger partial charge in [-0.05, 0) is 65.7 Å². The second-order valence-corrected chi connectivity index (χ2v) is 11.8. The van der Waals surface area contributed by atoms with E-state index in [1.165, 1.54) is 5.06 Å². The summed E-state index contributed by atoms with van der Waals surface area (Å²) in [7, 11) is 0. The molecule has 14 heteroatoms. The molecule has 14 nitrogen and oxygen atoms in total. The number of aliphatic carboxylic acids is 1. The Labute approximate surface area is 267 Å². The first-order valence-corrected chi connectivity index (χ1v) is 16.0. The van der Waals surface area contributed by atoms with Gasteiger partial charge in [-0.3, -0.25) is 33.6 Å². The zero-order valence-corrected chi connectivity index (χ0v) is 27.7. The van der Waals surface area contributed by atoms with Crippen molar-refractivity contribution in [2.45, 2.75) is 129 Å². The van der Waals surface area contributed by atoms with E-state index in [-0.39, 0.29) is 43.5 Å². The maximum absolute atomic E-state index is 12.5. The van der Waals surface area contributed by atoms with Gasteiger partial charge < -0.3 is 30.9 Å². The molecule has 0 bridgehead atoms. The highest BCUT2D eigenvalue weighted by molar-refractivity contribution is 5.88. The molecule has 0 saturated carbocycles. The van der Waals surface area contributed by atoms with Gasteiger partial charge in [0.2, 0.25) is 23.6 Å². The third-order valence-electron chi connectivity index (χ3n) is 6.27. The number of carboxylic acids is 1. The largest absolute Gasteiger partial charge is 0.481 e. The van der Waals surface area contributed by atoms with Crippen LogP contribution in [0, 0.1) is 0 Å². The van der Waals surface area contributed by atoms with Crippen molar-refractivity contribution in [1.29, 1.82) is 0 Å². The summed E-state index contributed by atoms with van der Waals surface area (Å²) in [5, 5.41) is 15.2. The van der Waals surface area contributed by atoms with Crippen molar-refractivity contribution in [3.63, 3.8) is 0 Å². The number of carboxylic acid groups (broad SMARTS) is 1. The van der Waals surface area contributed by atoms with Crippen molar-refractivity contribution in [3.8, 4) is 0 Å². The van der Waals surface area contributed by atoms with Gasteiger partial charge in [0.15, 0.2) is 0 Å². The standard InChI is InChI=1S/C31H56N4O10/c1-5-20-35(27(38)13-8-6-7-9-14-29(41)45-31(2,3)4)44-23-11-10-21-43-22-12-19-33-25(36)16-17-26(37)34-24(30(32)42)15-18-28(39)40/h24H,5-23H2,1-4H3,(H2,32,42)(H,33,36)(H,34,37)(H,39,40). The van der Waals surface area contributed by atoms with Crippen LogP contribution in [0.3, 0.4) is 0 Å². The van der Waals surface area contributed by atoms with Crippen molar-refractivity contribution >= 4 is 35.6 Å². The molecule has 0 aliphatic rings. The smallest absolute Gasteiger partial charge is 0.306 e. The number of ether oxygens (including phenoxy) is 2. The fourth-order valence-corrected chi connectivity index (χ4v) is 4.00. The molecule has 0 heterocycles. The molecule has 0 saturated heterocycles. The van der Waals surface area contributed by atoms with Gasteiger partial charge in [-0.15, -0.1) is 0 Å². The Balaban J connectivity index is 3.88. The van der Waals surface area contributed by atoms with Crippen LogP contribution in [0.4, 0.5) is 0 Å². The molecule has 45 heavy (non-hydrogen) atoms. The molecule has 1 unspecified atom stereocenters. The summed E-state index contributed by atoms with van der Waals surface area (Å²) in [5.41, 5.74) is 4.71. The van der Waals surface area contributed by atoms with Crippen LogP contribution in [0.15, 0.2) is 0 Å². The number of nitrogens with zero attached hydrogens (tertiary/aromatic N) is 1. The summed E-state index contributed by atoms with van der Waals surface area (Å²) in [4.78, 5) is 75.9. The number of hydroxylamine groups is 2. The van der Waals surface area contributed by atoms with E-state index < -0.39 is 29.4 Å². The van der Waals surface area contributed by atoms with Crippen LogP contribution in [-0.2, 0) is 43.1 Å². The molecule has 0 aliphatic heterocycles. The van der Waals surface area contributed by atoms with Gasteiger partial charge in [-0.25, -0.2) is 5.06 Å². The summed E-state index contributed by atoms with van der Waals surface area (Å²) in [6.45, 7) is 9.82. The van der Waals surface area contributed by atoms with Gasteiger partial charge in [0.25, 0.3) is 0 Å². The lowest BCUT2D eigenvalue weighted by atomic mass is 10.1. The lowest BCUT2D eigenvalue weighted by molar-refractivity contribution is -0.187. The van der Waals surface area contributed by atoms with E-state index in [2.05, 4.69) is 10.6 Å². The van der Waals surface area contributed by atoms with E-state index in [1.54, 1.807) is 0 Å². The summed E-state index contributed by atoms with van der Waals surface area (Å²) >= 11 is 0. The van der Waals surface area contributed by atoms with Gasteiger partial charge in [-0.2, -0.15) is 0 Å². The highest BCUT2D eigenvalue weighted by Crippen LogP contribution is 2.12. The van der Waals surface area contributed by atoms with Crippen molar-refractivity contribution < 1.29 is 48.2 Å². The van der Waals surface area contributed by atoms with Crippen LogP contribution < -0.4 is 16.4 Å². The molecule has 4 amide bonds. The van der Waals surface area contributed by atoms with Crippen LogP contribution in [-0.4, -0.2) is 90.3 Å². The highest BCUT2D eigenvalue weighted by Gasteiger charge is 2.20. The minimum absolute atomic E-state index is 0.0338. The van der Waals surface area contributed by atoms with E-state index in [0.717, 1.165) is 44.9 Å². The van der Waals surface area contributed by atoms with Crippen molar-refractivity contribution in [3.05, 3.63) is 0 Å². The zero-order valence-electron chi connectivity index (χ0n) is 27.7. The molecule has 0 spiro atoms. The van der Waals surface area contributed by atoms with E-state index >= 15 is 0 Å². The minimum atomic E-state index is -1.11. The third kappa shape index (κ3) is 25.7. The van der Waals surface area contributed by atoms with Crippen molar-refractivity contribution in [2.24, 2.45) is 5.73 Å². The lowest BCUT2D eigenvalue weighted by Gasteiger charge is -2.21. The van der Waals surface area contributed by atoms with E-state index in [9.17, 15) is 28.8 Å². The average Bonchev–Trinajstić information content (AvgIpc) is 2.94. The average molecular weight is 645 g/mol. The number of rotatable bonds is 27.